The van der Waals surface area contributed by atoms with Gasteiger partial charge in [0.2, 0.25) is 19.3 Å². The lowest BCUT2D eigenvalue weighted by atomic mass is 10.1. The highest BCUT2D eigenvalue weighted by Crippen LogP contribution is 2.23. The maximum atomic E-state index is 12.4. The number of nitrogens with one attached hydrogen (secondary N) is 1. The number of para-hydroxylation sites is 1. The summed E-state index contributed by atoms with van der Waals surface area (Å²) in [4.78, 5) is 12.4. The molecule has 0 aliphatic rings. The van der Waals surface area contributed by atoms with Crippen molar-refractivity contribution < 1.29 is 22.7 Å². The summed E-state index contributed by atoms with van der Waals surface area (Å²) in [6.45, 7) is 5.04. The van der Waals surface area contributed by atoms with E-state index in [1.165, 1.54) is 6.08 Å². The van der Waals surface area contributed by atoms with Gasteiger partial charge in [-0.3, -0.25) is 10.1 Å². The molecule has 2 aromatic carbocycles. The minimum absolute atomic E-state index is 0.0121. The monoisotopic (exact) mass is 512 g/mol. The topological polar surface area (TPSA) is 131 Å². The molecule has 1 aromatic heterocycles. The molecule has 0 radical (unpaired) electrons. The summed E-state index contributed by atoms with van der Waals surface area (Å²) in [5.74, 6) is 0.843. The fourth-order valence-electron chi connectivity index (χ4n) is 3.00. The highest BCUT2D eigenvalue weighted by atomic mass is 32.2. The standard InChI is InChI=1S/C24H24N4O5S2/c1-16-6-4-7-17(2)21(16)33-13-5-12-32-20-10-8-18(9-11-20)14-19(15-25)22(29)26-23-27-28-24(34-23)35(3,30)31/h4,6-11,14H,5,12-13H2,1-3H3,(H,26,27,29)/b19-14-. The van der Waals surface area contributed by atoms with E-state index >= 15 is 0 Å². The van der Waals surface area contributed by atoms with E-state index < -0.39 is 15.7 Å². The Kier molecular flexibility index (Phi) is 8.57. The van der Waals surface area contributed by atoms with Crippen LogP contribution in [0.15, 0.2) is 52.4 Å². The first-order chi connectivity index (χ1) is 16.7. The van der Waals surface area contributed by atoms with Crippen LogP contribution in [0.1, 0.15) is 23.1 Å². The smallest absolute Gasteiger partial charge is 0.268 e. The average molecular weight is 513 g/mol. The van der Waals surface area contributed by atoms with Crippen molar-refractivity contribution in [3.8, 4) is 17.6 Å². The quantitative estimate of drug-likeness (QED) is 0.187. The first kappa shape index (κ1) is 25.9. The van der Waals surface area contributed by atoms with Gasteiger partial charge in [-0.2, -0.15) is 5.26 Å². The Morgan fingerprint density at radius 2 is 1.74 bits per heavy atom. The van der Waals surface area contributed by atoms with E-state index in [1.807, 2.05) is 38.1 Å². The fraction of sp³-hybridized carbons (Fsp3) is 0.250. The van der Waals surface area contributed by atoms with Crippen LogP contribution >= 0.6 is 11.3 Å². The Labute approximate surface area is 208 Å². The van der Waals surface area contributed by atoms with E-state index in [9.17, 15) is 18.5 Å². The Morgan fingerprint density at radius 1 is 1.09 bits per heavy atom. The van der Waals surface area contributed by atoms with Crippen LogP contribution in [0.3, 0.4) is 0 Å². The molecule has 11 heteroatoms. The molecule has 0 atom stereocenters. The maximum absolute atomic E-state index is 12.4. The summed E-state index contributed by atoms with van der Waals surface area (Å²) in [6, 6.07) is 14.8. The van der Waals surface area contributed by atoms with Crippen molar-refractivity contribution in [2.24, 2.45) is 0 Å². The molecular weight excluding hydrogens is 488 g/mol. The molecule has 0 fully saturated rings. The SMILES string of the molecule is Cc1cccc(C)c1OCCCOc1ccc(/C=C(/C#N)C(=O)Nc2nnc(S(C)(=O)=O)s2)cc1. The van der Waals surface area contributed by atoms with E-state index in [0.717, 1.165) is 23.1 Å². The van der Waals surface area contributed by atoms with E-state index in [0.29, 0.717) is 42.3 Å². The van der Waals surface area contributed by atoms with Crippen LogP contribution in [-0.2, 0) is 14.6 Å². The molecule has 0 spiro atoms. The predicted molar refractivity (Wildman–Crippen MR) is 133 cm³/mol. The summed E-state index contributed by atoms with van der Waals surface area (Å²) in [5.41, 5.74) is 2.65. The molecule has 35 heavy (non-hydrogen) atoms. The summed E-state index contributed by atoms with van der Waals surface area (Å²) in [6.07, 6.45) is 3.12. The normalized spacial score (nSPS) is 11.5. The molecule has 9 nitrogen and oxygen atoms in total. The lowest BCUT2D eigenvalue weighted by Crippen LogP contribution is -2.13. The number of hydrogen-bond donors (Lipinski definition) is 1. The summed E-state index contributed by atoms with van der Waals surface area (Å²) < 4.78 is 34.4. The van der Waals surface area contributed by atoms with Crippen LogP contribution in [0.25, 0.3) is 6.08 Å². The molecule has 1 amide bonds. The van der Waals surface area contributed by atoms with Gasteiger partial charge in [0, 0.05) is 12.7 Å². The molecule has 0 aliphatic heterocycles. The van der Waals surface area contributed by atoms with Crippen molar-refractivity contribution in [1.82, 2.24) is 10.2 Å². The van der Waals surface area contributed by atoms with Gasteiger partial charge in [-0.1, -0.05) is 41.7 Å². The van der Waals surface area contributed by atoms with E-state index in [-0.39, 0.29) is 15.0 Å². The van der Waals surface area contributed by atoms with Gasteiger partial charge < -0.3 is 9.47 Å². The van der Waals surface area contributed by atoms with Crippen molar-refractivity contribution >= 4 is 38.3 Å². The van der Waals surface area contributed by atoms with Crippen molar-refractivity contribution in [2.75, 3.05) is 24.8 Å². The highest BCUT2D eigenvalue weighted by Gasteiger charge is 2.17. The van der Waals surface area contributed by atoms with Crippen LogP contribution in [0.2, 0.25) is 0 Å². The summed E-state index contributed by atoms with van der Waals surface area (Å²) in [7, 11) is -3.53. The van der Waals surface area contributed by atoms with Gasteiger partial charge in [-0.25, -0.2) is 8.42 Å². The maximum Gasteiger partial charge on any atom is 0.268 e. The number of carbonyl (C=O) groups is 1. The van der Waals surface area contributed by atoms with Gasteiger partial charge >= 0.3 is 0 Å². The first-order valence-corrected chi connectivity index (χ1v) is 13.3. The number of sulfone groups is 1. The molecule has 0 bridgehead atoms. The Morgan fingerprint density at radius 3 is 2.34 bits per heavy atom. The zero-order valence-corrected chi connectivity index (χ0v) is 21.1. The number of anilines is 1. The van der Waals surface area contributed by atoms with Gasteiger partial charge in [0.15, 0.2) is 0 Å². The third kappa shape index (κ3) is 7.37. The fourth-order valence-corrected chi connectivity index (χ4v) is 4.50. The highest BCUT2D eigenvalue weighted by molar-refractivity contribution is 7.92. The van der Waals surface area contributed by atoms with Gasteiger partial charge in [0.05, 0.1) is 13.2 Å². The number of rotatable bonds is 10. The van der Waals surface area contributed by atoms with E-state index in [1.54, 1.807) is 24.3 Å². The van der Waals surface area contributed by atoms with Gasteiger partial charge in [-0.15, -0.1) is 10.2 Å². The average Bonchev–Trinajstić information content (AvgIpc) is 3.29. The zero-order valence-electron chi connectivity index (χ0n) is 19.4. The number of benzene rings is 2. The third-order valence-electron chi connectivity index (χ3n) is 4.71. The van der Waals surface area contributed by atoms with Crippen LogP contribution in [-0.4, -0.2) is 44.0 Å². The number of ether oxygens (including phenoxy) is 2. The minimum atomic E-state index is -3.53. The molecular formula is C24H24N4O5S2. The second-order valence-electron chi connectivity index (χ2n) is 7.61. The van der Waals surface area contributed by atoms with Gasteiger partial charge in [0.25, 0.3) is 5.91 Å². The molecule has 1 heterocycles. The zero-order chi connectivity index (χ0) is 25.4. The van der Waals surface area contributed by atoms with Gasteiger partial charge in [-0.05, 0) is 48.7 Å². The summed E-state index contributed by atoms with van der Waals surface area (Å²) in [5, 5.41) is 18.9. The molecule has 3 aromatic rings. The molecule has 1 N–H and O–H groups in total. The van der Waals surface area contributed by atoms with Crippen LogP contribution < -0.4 is 14.8 Å². The number of nitrogens with zero attached hydrogens (tertiary/aromatic N) is 3. The number of aromatic nitrogens is 2. The van der Waals surface area contributed by atoms with Crippen LogP contribution in [0, 0.1) is 25.2 Å². The first-order valence-electron chi connectivity index (χ1n) is 10.6. The molecule has 0 saturated heterocycles. The molecule has 3 rings (SSSR count). The number of aryl methyl sites for hydroxylation is 2. The second-order valence-corrected chi connectivity index (χ2v) is 10.8. The number of amides is 1. The minimum Gasteiger partial charge on any atom is -0.493 e. The number of carbonyl (C=O) groups excluding carboxylic acids is 1. The lowest BCUT2D eigenvalue weighted by molar-refractivity contribution is -0.112. The van der Waals surface area contributed by atoms with Crippen molar-refractivity contribution in [2.45, 2.75) is 24.6 Å². The summed E-state index contributed by atoms with van der Waals surface area (Å²) >= 11 is 0.711. The Hall–Kier alpha value is -3.75. The van der Waals surface area contributed by atoms with Crippen molar-refractivity contribution in [3.63, 3.8) is 0 Å². The number of hydrogen-bond acceptors (Lipinski definition) is 9. The Balaban J connectivity index is 1.51. The largest absolute Gasteiger partial charge is 0.493 e. The third-order valence-corrected chi connectivity index (χ3v) is 7.22. The van der Waals surface area contributed by atoms with E-state index in [2.05, 4.69) is 15.5 Å². The van der Waals surface area contributed by atoms with E-state index in [4.69, 9.17) is 9.47 Å². The van der Waals surface area contributed by atoms with Gasteiger partial charge in [0.1, 0.15) is 23.1 Å². The molecule has 0 unspecified atom stereocenters. The van der Waals surface area contributed by atoms with Crippen LogP contribution in [0.4, 0.5) is 5.13 Å². The number of nitriles is 1. The predicted octanol–water partition coefficient (Wildman–Crippen LogP) is 3.95. The Bertz CT molecular complexity index is 1350. The van der Waals surface area contributed by atoms with Crippen molar-refractivity contribution in [1.29, 1.82) is 5.26 Å². The molecule has 0 saturated carbocycles. The van der Waals surface area contributed by atoms with Crippen LogP contribution in [0.5, 0.6) is 11.5 Å². The second kappa shape index (κ2) is 11.6. The molecule has 0 aliphatic carbocycles. The molecule has 182 valence electrons. The van der Waals surface area contributed by atoms with Crippen molar-refractivity contribution in [3.05, 3.63) is 64.7 Å². The lowest BCUT2D eigenvalue weighted by Gasteiger charge is -2.12.